The molecule has 0 atom stereocenters. The Balaban J connectivity index is 1.82. The van der Waals surface area contributed by atoms with Gasteiger partial charge in [0.15, 0.2) is 11.6 Å². The van der Waals surface area contributed by atoms with Gasteiger partial charge in [-0.1, -0.05) is 91.0 Å². The summed E-state index contributed by atoms with van der Waals surface area (Å²) in [5.41, 5.74) is 1.05. The second-order valence-electron chi connectivity index (χ2n) is 7.45. The molecule has 1 amide bonds. The molecule has 0 aliphatic rings. The standard InChI is InChI=1S/C27H21F2N3O2/c28-22-16-23(29)25(30-17-22)31-26(34)24(18-33)32-27(19-10-4-1-5-11-19,20-12-6-2-7-13-20)21-14-8-3-9-15-21/h1-18,32-33H,(H,30,31,34)/b24-18+. The van der Waals surface area contributed by atoms with Crippen LogP contribution in [0.3, 0.4) is 0 Å². The molecule has 0 saturated carbocycles. The molecule has 7 heteroatoms. The second-order valence-corrected chi connectivity index (χ2v) is 7.45. The summed E-state index contributed by atoms with van der Waals surface area (Å²) in [5.74, 6) is -3.22. The van der Waals surface area contributed by atoms with E-state index < -0.39 is 28.9 Å². The SMILES string of the molecule is O=C(Nc1ncc(F)cc1F)/C(=C\O)NC(c1ccccc1)(c1ccccc1)c1ccccc1. The number of hydrogen-bond donors (Lipinski definition) is 3. The van der Waals surface area contributed by atoms with Crippen molar-refractivity contribution in [1.29, 1.82) is 0 Å². The zero-order valence-corrected chi connectivity index (χ0v) is 18.0. The molecule has 0 aliphatic carbocycles. The van der Waals surface area contributed by atoms with Gasteiger partial charge in [-0.3, -0.25) is 4.79 Å². The highest BCUT2D eigenvalue weighted by Crippen LogP contribution is 2.37. The summed E-state index contributed by atoms with van der Waals surface area (Å²) >= 11 is 0. The van der Waals surface area contributed by atoms with Gasteiger partial charge in [-0.15, -0.1) is 0 Å². The molecule has 3 aromatic carbocycles. The number of aromatic nitrogens is 1. The number of amides is 1. The van der Waals surface area contributed by atoms with Gasteiger partial charge in [0.05, 0.1) is 6.20 Å². The number of aliphatic hydroxyl groups excluding tert-OH is 1. The minimum absolute atomic E-state index is 0.248. The van der Waals surface area contributed by atoms with Gasteiger partial charge in [0, 0.05) is 6.07 Å². The molecular weight excluding hydrogens is 436 g/mol. The number of hydrogen-bond acceptors (Lipinski definition) is 4. The Kier molecular flexibility index (Phi) is 6.64. The lowest BCUT2D eigenvalue weighted by atomic mass is 9.76. The van der Waals surface area contributed by atoms with Gasteiger partial charge in [-0.25, -0.2) is 13.8 Å². The molecule has 0 bridgehead atoms. The van der Waals surface area contributed by atoms with Crippen LogP contribution in [0.5, 0.6) is 0 Å². The molecule has 4 rings (SSSR count). The molecular formula is C27H21F2N3O2. The van der Waals surface area contributed by atoms with E-state index in [-0.39, 0.29) is 5.70 Å². The van der Waals surface area contributed by atoms with Crippen molar-refractivity contribution in [3.05, 3.63) is 144 Å². The number of benzene rings is 3. The molecule has 170 valence electrons. The van der Waals surface area contributed by atoms with Gasteiger partial charge in [-0.2, -0.15) is 0 Å². The fourth-order valence-corrected chi connectivity index (χ4v) is 3.81. The third-order valence-corrected chi connectivity index (χ3v) is 5.36. The van der Waals surface area contributed by atoms with Gasteiger partial charge in [0.2, 0.25) is 0 Å². The maximum Gasteiger partial charge on any atom is 0.276 e. The lowest BCUT2D eigenvalue weighted by Gasteiger charge is -2.38. The number of aliphatic hydroxyl groups is 1. The summed E-state index contributed by atoms with van der Waals surface area (Å²) in [7, 11) is 0. The van der Waals surface area contributed by atoms with E-state index in [0.717, 1.165) is 22.9 Å². The van der Waals surface area contributed by atoms with Crippen LogP contribution in [0.25, 0.3) is 0 Å². The van der Waals surface area contributed by atoms with Crippen LogP contribution in [-0.4, -0.2) is 16.0 Å². The molecule has 0 radical (unpaired) electrons. The Morgan fingerprint density at radius 1 is 0.824 bits per heavy atom. The Bertz CT molecular complexity index is 1200. The third-order valence-electron chi connectivity index (χ3n) is 5.36. The summed E-state index contributed by atoms with van der Waals surface area (Å²) in [4.78, 5) is 16.6. The van der Waals surface area contributed by atoms with E-state index in [1.165, 1.54) is 0 Å². The number of rotatable bonds is 7. The van der Waals surface area contributed by atoms with E-state index in [9.17, 15) is 18.7 Å². The largest absolute Gasteiger partial charge is 0.513 e. The van der Waals surface area contributed by atoms with E-state index in [0.29, 0.717) is 12.3 Å². The fourth-order valence-electron chi connectivity index (χ4n) is 3.81. The Hall–Kier alpha value is -4.52. The number of nitrogens with zero attached hydrogens (tertiary/aromatic N) is 1. The van der Waals surface area contributed by atoms with E-state index in [1.807, 2.05) is 91.0 Å². The molecule has 0 unspecified atom stereocenters. The van der Waals surface area contributed by atoms with E-state index in [2.05, 4.69) is 15.6 Å². The smallest absolute Gasteiger partial charge is 0.276 e. The van der Waals surface area contributed by atoms with Crippen LogP contribution in [0, 0.1) is 11.6 Å². The van der Waals surface area contributed by atoms with Crippen LogP contribution in [-0.2, 0) is 10.3 Å². The average Bonchev–Trinajstić information content (AvgIpc) is 2.88. The van der Waals surface area contributed by atoms with Crippen molar-refractivity contribution < 1.29 is 18.7 Å². The van der Waals surface area contributed by atoms with Crippen LogP contribution in [0.4, 0.5) is 14.6 Å². The van der Waals surface area contributed by atoms with Crippen molar-refractivity contribution in [1.82, 2.24) is 10.3 Å². The topological polar surface area (TPSA) is 74.2 Å². The molecule has 0 fully saturated rings. The summed E-state index contributed by atoms with van der Waals surface area (Å²) in [6.45, 7) is 0. The van der Waals surface area contributed by atoms with Gasteiger partial charge in [0.1, 0.15) is 23.3 Å². The van der Waals surface area contributed by atoms with Crippen LogP contribution in [0.15, 0.2) is 115 Å². The molecule has 0 saturated heterocycles. The molecule has 0 aliphatic heterocycles. The highest BCUT2D eigenvalue weighted by atomic mass is 19.1. The predicted molar refractivity (Wildman–Crippen MR) is 126 cm³/mol. The minimum atomic E-state index is -1.09. The van der Waals surface area contributed by atoms with Gasteiger partial charge in [-0.05, 0) is 16.7 Å². The Morgan fingerprint density at radius 2 is 1.29 bits per heavy atom. The fraction of sp³-hybridized carbons (Fsp3) is 0.0370. The van der Waals surface area contributed by atoms with Crippen molar-refractivity contribution in [2.75, 3.05) is 5.32 Å². The molecule has 5 nitrogen and oxygen atoms in total. The first-order valence-electron chi connectivity index (χ1n) is 10.5. The number of carbonyl (C=O) groups is 1. The average molecular weight is 457 g/mol. The monoisotopic (exact) mass is 457 g/mol. The van der Waals surface area contributed by atoms with E-state index >= 15 is 0 Å². The van der Waals surface area contributed by atoms with Crippen LogP contribution < -0.4 is 10.6 Å². The molecule has 1 heterocycles. The van der Waals surface area contributed by atoms with Gasteiger partial charge in [0.25, 0.3) is 5.91 Å². The number of carbonyl (C=O) groups excluding carboxylic acids is 1. The maximum absolute atomic E-state index is 14.1. The lowest BCUT2D eigenvalue weighted by molar-refractivity contribution is -0.113. The van der Waals surface area contributed by atoms with Gasteiger partial charge < -0.3 is 15.7 Å². The lowest BCUT2D eigenvalue weighted by Crippen LogP contribution is -2.46. The molecule has 0 spiro atoms. The normalized spacial score (nSPS) is 11.6. The minimum Gasteiger partial charge on any atom is -0.513 e. The molecule has 3 N–H and O–H groups in total. The van der Waals surface area contributed by atoms with Crippen molar-refractivity contribution in [2.24, 2.45) is 0 Å². The first-order valence-corrected chi connectivity index (χ1v) is 10.5. The number of nitrogens with one attached hydrogen (secondary N) is 2. The van der Waals surface area contributed by atoms with Crippen LogP contribution in [0.2, 0.25) is 0 Å². The summed E-state index contributed by atoms with van der Waals surface area (Å²) in [6.07, 6.45) is 1.40. The quantitative estimate of drug-likeness (QED) is 0.201. The first-order chi connectivity index (χ1) is 16.5. The van der Waals surface area contributed by atoms with E-state index in [4.69, 9.17) is 0 Å². The highest BCUT2D eigenvalue weighted by molar-refractivity contribution is 6.02. The third kappa shape index (κ3) is 4.49. The zero-order valence-electron chi connectivity index (χ0n) is 18.0. The molecule has 34 heavy (non-hydrogen) atoms. The molecule has 1 aromatic heterocycles. The van der Waals surface area contributed by atoms with Crippen LogP contribution in [0.1, 0.15) is 16.7 Å². The Morgan fingerprint density at radius 3 is 1.71 bits per heavy atom. The summed E-state index contributed by atoms with van der Waals surface area (Å²) < 4.78 is 27.3. The van der Waals surface area contributed by atoms with Crippen molar-refractivity contribution in [3.8, 4) is 0 Å². The predicted octanol–water partition coefficient (Wildman–Crippen LogP) is 5.28. The number of anilines is 1. The Labute approximate surface area is 195 Å². The number of halogens is 2. The van der Waals surface area contributed by atoms with Crippen molar-refractivity contribution in [3.63, 3.8) is 0 Å². The zero-order chi connectivity index (χ0) is 24.0. The van der Waals surface area contributed by atoms with Crippen molar-refractivity contribution >= 4 is 11.7 Å². The van der Waals surface area contributed by atoms with E-state index in [1.54, 1.807) is 0 Å². The van der Waals surface area contributed by atoms with Crippen LogP contribution >= 0.6 is 0 Å². The molecule has 4 aromatic rings. The first kappa shape index (κ1) is 22.7. The number of pyridine rings is 1. The highest BCUT2D eigenvalue weighted by Gasteiger charge is 2.38. The summed E-state index contributed by atoms with van der Waals surface area (Å²) in [5, 5.41) is 15.5. The maximum atomic E-state index is 14.1. The van der Waals surface area contributed by atoms with Crippen molar-refractivity contribution in [2.45, 2.75) is 5.54 Å². The summed E-state index contributed by atoms with van der Waals surface area (Å²) in [6, 6.07) is 28.9. The van der Waals surface area contributed by atoms with Gasteiger partial charge >= 0.3 is 0 Å². The second kappa shape index (κ2) is 9.95.